The molecular formula is C15H20ClNO3. The van der Waals surface area contributed by atoms with Crippen LogP contribution in [-0.2, 0) is 14.9 Å². The van der Waals surface area contributed by atoms with Crippen LogP contribution in [0.3, 0.4) is 0 Å². The molecule has 1 unspecified atom stereocenters. The van der Waals surface area contributed by atoms with E-state index in [1.807, 2.05) is 26.0 Å². The predicted octanol–water partition coefficient (Wildman–Crippen LogP) is 1.89. The van der Waals surface area contributed by atoms with E-state index in [9.17, 15) is 9.90 Å². The van der Waals surface area contributed by atoms with Gasteiger partial charge >= 0.3 is 0 Å². The number of hydrogen-bond donors (Lipinski definition) is 2. The summed E-state index contributed by atoms with van der Waals surface area (Å²) in [5, 5.41) is 13.6. The zero-order valence-electron chi connectivity index (χ0n) is 11.8. The highest BCUT2D eigenvalue weighted by Gasteiger charge is 2.35. The molecule has 0 bridgehead atoms. The Morgan fingerprint density at radius 1 is 1.55 bits per heavy atom. The molecule has 110 valence electrons. The van der Waals surface area contributed by atoms with Crippen molar-refractivity contribution in [1.82, 2.24) is 5.32 Å². The molecule has 1 aliphatic rings. The first-order chi connectivity index (χ1) is 9.33. The fourth-order valence-electron chi connectivity index (χ4n) is 2.21. The average Bonchev–Trinajstić information content (AvgIpc) is 2.83. The monoisotopic (exact) mass is 297 g/mol. The van der Waals surface area contributed by atoms with Gasteiger partial charge in [0.15, 0.2) is 0 Å². The van der Waals surface area contributed by atoms with Crippen molar-refractivity contribution >= 4 is 17.5 Å². The van der Waals surface area contributed by atoms with Gasteiger partial charge in [0, 0.05) is 24.6 Å². The van der Waals surface area contributed by atoms with E-state index in [1.165, 1.54) is 0 Å². The minimum absolute atomic E-state index is 0.139. The molecule has 1 amide bonds. The van der Waals surface area contributed by atoms with Gasteiger partial charge in [-0.2, -0.15) is 0 Å². The number of carbonyl (C=O) groups is 1. The maximum atomic E-state index is 12.4. The van der Waals surface area contributed by atoms with Crippen LogP contribution in [0, 0.1) is 0 Å². The first kappa shape index (κ1) is 15.3. The quantitative estimate of drug-likeness (QED) is 0.892. The number of hydrogen-bond acceptors (Lipinski definition) is 3. The summed E-state index contributed by atoms with van der Waals surface area (Å²) in [4.78, 5) is 12.4. The molecule has 0 spiro atoms. The lowest BCUT2D eigenvalue weighted by molar-refractivity contribution is -0.126. The maximum Gasteiger partial charge on any atom is 0.230 e. The molecule has 2 rings (SSSR count). The normalized spacial score (nSPS) is 22.8. The summed E-state index contributed by atoms with van der Waals surface area (Å²) in [5.41, 5.74) is -0.807. The molecule has 1 fully saturated rings. The summed E-state index contributed by atoms with van der Waals surface area (Å²) in [7, 11) is 0. The lowest BCUT2D eigenvalue weighted by Crippen LogP contribution is -2.48. The van der Waals surface area contributed by atoms with Gasteiger partial charge in [-0.1, -0.05) is 23.7 Å². The van der Waals surface area contributed by atoms with Gasteiger partial charge in [0.1, 0.15) is 5.60 Å². The van der Waals surface area contributed by atoms with E-state index in [0.29, 0.717) is 18.1 Å². The highest BCUT2D eigenvalue weighted by molar-refractivity contribution is 6.30. The lowest BCUT2D eigenvalue weighted by atomic mass is 9.83. The number of benzene rings is 1. The standard InChI is InChI=1S/C15H20ClNO3/c1-14(2,11-4-3-5-12(16)8-11)13(18)17-9-15(19)6-7-20-10-15/h3-5,8,19H,6-7,9-10H2,1-2H3,(H,17,18). The van der Waals surface area contributed by atoms with Gasteiger partial charge in [-0.25, -0.2) is 0 Å². The Bertz CT molecular complexity index is 496. The summed E-state index contributed by atoms with van der Waals surface area (Å²) in [6, 6.07) is 7.26. The van der Waals surface area contributed by atoms with Crippen molar-refractivity contribution < 1.29 is 14.6 Å². The van der Waals surface area contributed by atoms with Gasteiger partial charge in [-0.05, 0) is 31.5 Å². The van der Waals surface area contributed by atoms with E-state index in [1.54, 1.807) is 12.1 Å². The Labute approximate surface area is 124 Å². The van der Waals surface area contributed by atoms with Crippen LogP contribution in [0.25, 0.3) is 0 Å². The summed E-state index contributed by atoms with van der Waals surface area (Å²) in [5.74, 6) is -0.139. The van der Waals surface area contributed by atoms with Crippen LogP contribution in [0.4, 0.5) is 0 Å². The van der Waals surface area contributed by atoms with Crippen LogP contribution in [0.5, 0.6) is 0 Å². The number of halogens is 1. The van der Waals surface area contributed by atoms with Gasteiger partial charge in [-0.15, -0.1) is 0 Å². The molecule has 0 aromatic heterocycles. The second kappa shape index (κ2) is 5.72. The summed E-state index contributed by atoms with van der Waals surface area (Å²) in [6.45, 7) is 4.68. The molecule has 1 aliphatic heterocycles. The van der Waals surface area contributed by atoms with Crippen molar-refractivity contribution in [2.24, 2.45) is 0 Å². The van der Waals surface area contributed by atoms with Crippen molar-refractivity contribution in [3.63, 3.8) is 0 Å². The third kappa shape index (κ3) is 3.32. The van der Waals surface area contributed by atoms with E-state index >= 15 is 0 Å². The molecule has 1 aromatic carbocycles. The molecule has 1 saturated heterocycles. The fourth-order valence-corrected chi connectivity index (χ4v) is 2.40. The molecule has 0 radical (unpaired) electrons. The molecule has 1 atom stereocenters. The van der Waals surface area contributed by atoms with Crippen molar-refractivity contribution in [2.45, 2.75) is 31.3 Å². The van der Waals surface area contributed by atoms with E-state index < -0.39 is 11.0 Å². The van der Waals surface area contributed by atoms with Gasteiger partial charge in [0.25, 0.3) is 0 Å². The molecule has 1 heterocycles. The van der Waals surface area contributed by atoms with Gasteiger partial charge < -0.3 is 15.2 Å². The van der Waals surface area contributed by atoms with Crippen molar-refractivity contribution in [3.8, 4) is 0 Å². The second-order valence-corrected chi connectivity index (χ2v) is 6.28. The summed E-state index contributed by atoms with van der Waals surface area (Å²) >= 11 is 5.97. The van der Waals surface area contributed by atoms with Crippen LogP contribution < -0.4 is 5.32 Å². The van der Waals surface area contributed by atoms with E-state index in [-0.39, 0.29) is 19.1 Å². The van der Waals surface area contributed by atoms with Crippen LogP contribution >= 0.6 is 11.6 Å². The number of amides is 1. The number of ether oxygens (including phenoxy) is 1. The highest BCUT2D eigenvalue weighted by atomic mass is 35.5. The predicted molar refractivity (Wildman–Crippen MR) is 77.9 cm³/mol. The smallest absolute Gasteiger partial charge is 0.230 e. The van der Waals surface area contributed by atoms with Crippen molar-refractivity contribution in [3.05, 3.63) is 34.9 Å². The molecule has 5 heteroatoms. The first-order valence-corrected chi connectivity index (χ1v) is 7.06. The Balaban J connectivity index is 2.03. The highest BCUT2D eigenvalue weighted by Crippen LogP contribution is 2.26. The second-order valence-electron chi connectivity index (χ2n) is 5.84. The Kier molecular flexibility index (Phi) is 4.37. The van der Waals surface area contributed by atoms with Gasteiger partial charge in [0.05, 0.1) is 12.0 Å². The minimum atomic E-state index is -0.944. The fraction of sp³-hybridized carbons (Fsp3) is 0.533. The molecule has 2 N–H and O–H groups in total. The molecule has 20 heavy (non-hydrogen) atoms. The van der Waals surface area contributed by atoms with E-state index in [2.05, 4.69) is 5.32 Å². The zero-order chi connectivity index (χ0) is 14.8. The number of carbonyl (C=O) groups excluding carboxylic acids is 1. The molecule has 0 saturated carbocycles. The average molecular weight is 298 g/mol. The zero-order valence-corrected chi connectivity index (χ0v) is 12.5. The number of nitrogens with one attached hydrogen (secondary N) is 1. The van der Waals surface area contributed by atoms with Gasteiger partial charge in [-0.3, -0.25) is 4.79 Å². The third-order valence-corrected chi connectivity index (χ3v) is 4.01. The minimum Gasteiger partial charge on any atom is -0.386 e. The number of rotatable bonds is 4. The number of aliphatic hydroxyl groups is 1. The van der Waals surface area contributed by atoms with E-state index in [0.717, 1.165) is 5.56 Å². The summed E-state index contributed by atoms with van der Waals surface area (Å²) in [6.07, 6.45) is 0.547. The Morgan fingerprint density at radius 3 is 2.90 bits per heavy atom. The topological polar surface area (TPSA) is 58.6 Å². The Morgan fingerprint density at radius 2 is 2.30 bits per heavy atom. The van der Waals surface area contributed by atoms with Gasteiger partial charge in [0.2, 0.25) is 5.91 Å². The van der Waals surface area contributed by atoms with E-state index in [4.69, 9.17) is 16.3 Å². The largest absolute Gasteiger partial charge is 0.386 e. The van der Waals surface area contributed by atoms with Crippen molar-refractivity contribution in [2.75, 3.05) is 19.8 Å². The molecule has 0 aliphatic carbocycles. The van der Waals surface area contributed by atoms with Crippen LogP contribution in [0.2, 0.25) is 5.02 Å². The van der Waals surface area contributed by atoms with Crippen LogP contribution in [0.1, 0.15) is 25.8 Å². The maximum absolute atomic E-state index is 12.4. The molecule has 4 nitrogen and oxygen atoms in total. The lowest BCUT2D eigenvalue weighted by Gasteiger charge is -2.27. The SMILES string of the molecule is CC(C)(C(=O)NCC1(O)CCOC1)c1cccc(Cl)c1. The molecular weight excluding hydrogens is 278 g/mol. The third-order valence-electron chi connectivity index (χ3n) is 3.77. The van der Waals surface area contributed by atoms with Crippen LogP contribution in [0.15, 0.2) is 24.3 Å². The summed E-state index contributed by atoms with van der Waals surface area (Å²) < 4.78 is 5.16. The van der Waals surface area contributed by atoms with Crippen molar-refractivity contribution in [1.29, 1.82) is 0 Å². The van der Waals surface area contributed by atoms with Crippen LogP contribution in [-0.4, -0.2) is 36.4 Å². The Hall–Kier alpha value is -1.10. The molecule has 1 aromatic rings. The first-order valence-electron chi connectivity index (χ1n) is 6.68.